The normalized spacial score (nSPS) is 10.7. The summed E-state index contributed by atoms with van der Waals surface area (Å²) in [4.78, 5) is 17.7. The van der Waals surface area contributed by atoms with Crippen LogP contribution in [0.2, 0.25) is 5.02 Å². The zero-order valence-corrected chi connectivity index (χ0v) is 15.4. The molecule has 1 heterocycles. The van der Waals surface area contributed by atoms with Crippen molar-refractivity contribution >= 4 is 28.5 Å². The van der Waals surface area contributed by atoms with Gasteiger partial charge in [-0.1, -0.05) is 60.1 Å². The Bertz CT molecular complexity index is 1120. The van der Waals surface area contributed by atoms with E-state index in [-0.39, 0.29) is 0 Å². The minimum Gasteiger partial charge on any atom is -0.423 e. The number of nitrogens with zero attached hydrogens (tertiary/aromatic N) is 1. The van der Waals surface area contributed by atoms with Crippen LogP contribution in [-0.4, -0.2) is 11.0 Å². The van der Waals surface area contributed by atoms with Crippen molar-refractivity contribution in [1.29, 1.82) is 0 Å². The largest absolute Gasteiger partial charge is 0.423 e. The fourth-order valence-electron chi connectivity index (χ4n) is 2.98. The van der Waals surface area contributed by atoms with Gasteiger partial charge in [0.2, 0.25) is 0 Å². The molecule has 132 valence electrons. The molecule has 0 aliphatic rings. The number of benzene rings is 3. The molecule has 0 saturated heterocycles. The third kappa shape index (κ3) is 3.55. The van der Waals surface area contributed by atoms with E-state index in [9.17, 15) is 4.79 Å². The molecule has 0 aliphatic carbocycles. The van der Waals surface area contributed by atoms with Gasteiger partial charge < -0.3 is 4.74 Å². The lowest BCUT2D eigenvalue weighted by atomic mass is 10.0. The van der Waals surface area contributed by atoms with Crippen molar-refractivity contribution in [2.75, 3.05) is 0 Å². The molecular weight excluding hydrogens is 358 g/mol. The van der Waals surface area contributed by atoms with Gasteiger partial charge in [0.25, 0.3) is 0 Å². The summed E-state index contributed by atoms with van der Waals surface area (Å²) in [6, 6.07) is 24.1. The van der Waals surface area contributed by atoms with Crippen molar-refractivity contribution in [1.82, 2.24) is 4.98 Å². The number of carbonyl (C=O) groups is 1. The molecule has 4 rings (SSSR count). The number of esters is 1. The van der Waals surface area contributed by atoms with Gasteiger partial charge in [-0.25, -0.2) is 9.78 Å². The zero-order chi connectivity index (χ0) is 18.8. The monoisotopic (exact) mass is 373 g/mol. The summed E-state index contributed by atoms with van der Waals surface area (Å²) in [6.07, 6.45) is 0. The predicted octanol–water partition coefficient (Wildman–Crippen LogP) is 6.08. The van der Waals surface area contributed by atoms with Crippen LogP contribution in [0.4, 0.5) is 0 Å². The molecule has 0 amide bonds. The summed E-state index contributed by atoms with van der Waals surface area (Å²) in [5.41, 5.74) is 3.97. The molecule has 4 aromatic rings. The highest BCUT2D eigenvalue weighted by Crippen LogP contribution is 2.28. The van der Waals surface area contributed by atoms with Gasteiger partial charge in [-0.2, -0.15) is 0 Å². The van der Waals surface area contributed by atoms with Crippen molar-refractivity contribution in [3.8, 4) is 17.0 Å². The Balaban J connectivity index is 1.84. The molecule has 27 heavy (non-hydrogen) atoms. The van der Waals surface area contributed by atoms with Gasteiger partial charge in [-0.15, -0.1) is 0 Å². The number of ether oxygens (including phenoxy) is 1. The number of fused-ring (bicyclic) bond motifs is 1. The fourth-order valence-corrected chi connectivity index (χ4v) is 3.11. The molecule has 0 saturated carbocycles. The lowest BCUT2D eigenvalue weighted by Gasteiger charge is -2.11. The zero-order valence-electron chi connectivity index (χ0n) is 14.6. The molecule has 3 aromatic carbocycles. The summed E-state index contributed by atoms with van der Waals surface area (Å²) >= 11 is 5.90. The Morgan fingerprint density at radius 3 is 2.41 bits per heavy atom. The number of para-hydroxylation sites is 1. The lowest BCUT2D eigenvalue weighted by Crippen LogP contribution is -2.10. The van der Waals surface area contributed by atoms with Gasteiger partial charge >= 0.3 is 5.97 Å². The van der Waals surface area contributed by atoms with Crippen LogP contribution < -0.4 is 4.74 Å². The third-order valence-electron chi connectivity index (χ3n) is 4.35. The molecule has 4 heteroatoms. The van der Waals surface area contributed by atoms with E-state index < -0.39 is 5.97 Å². The van der Waals surface area contributed by atoms with Crippen molar-refractivity contribution in [3.63, 3.8) is 0 Å². The summed E-state index contributed by atoms with van der Waals surface area (Å²) in [5, 5.41) is 1.36. The second-order valence-corrected chi connectivity index (χ2v) is 6.67. The molecular formula is C23H16ClNO2. The molecule has 0 radical (unpaired) electrons. The van der Waals surface area contributed by atoms with Crippen LogP contribution >= 0.6 is 11.6 Å². The highest BCUT2D eigenvalue weighted by atomic mass is 35.5. The molecule has 0 N–H and O–H groups in total. The first-order chi connectivity index (χ1) is 13.1. The number of hydrogen-bond donors (Lipinski definition) is 0. The van der Waals surface area contributed by atoms with Gasteiger partial charge in [0.05, 0.1) is 16.8 Å². The Morgan fingerprint density at radius 2 is 1.67 bits per heavy atom. The quantitative estimate of drug-likeness (QED) is 0.322. The average Bonchev–Trinajstić information content (AvgIpc) is 2.70. The summed E-state index contributed by atoms with van der Waals surface area (Å²) in [6.45, 7) is 1.98. The first-order valence-corrected chi connectivity index (χ1v) is 8.93. The minimum absolute atomic E-state index is 0.424. The minimum atomic E-state index is -0.424. The smallest absolute Gasteiger partial charge is 0.344 e. The van der Waals surface area contributed by atoms with E-state index in [0.29, 0.717) is 16.3 Å². The number of rotatable bonds is 3. The Hall–Kier alpha value is -3.17. The second kappa shape index (κ2) is 7.22. The number of aromatic nitrogens is 1. The van der Waals surface area contributed by atoms with E-state index in [1.807, 2.05) is 55.5 Å². The van der Waals surface area contributed by atoms with Crippen molar-refractivity contribution in [2.24, 2.45) is 0 Å². The number of aryl methyl sites for hydroxylation is 1. The summed E-state index contributed by atoms with van der Waals surface area (Å²) in [7, 11) is 0. The van der Waals surface area contributed by atoms with Crippen LogP contribution in [0.25, 0.3) is 22.2 Å². The van der Waals surface area contributed by atoms with Crippen LogP contribution in [0.15, 0.2) is 78.9 Å². The standard InChI is InChI=1S/C23H16ClNO2/c1-15-6-5-9-19-20(23(26)27-18-12-10-17(24)11-13-18)14-21(25-22(15)19)16-7-3-2-4-8-16/h2-14H,1H3. The first-order valence-electron chi connectivity index (χ1n) is 8.55. The maximum Gasteiger partial charge on any atom is 0.344 e. The first kappa shape index (κ1) is 17.3. The van der Waals surface area contributed by atoms with E-state index in [4.69, 9.17) is 21.3 Å². The molecule has 0 fully saturated rings. The van der Waals surface area contributed by atoms with E-state index in [1.54, 1.807) is 30.3 Å². The lowest BCUT2D eigenvalue weighted by molar-refractivity contribution is 0.0737. The molecule has 0 aliphatic heterocycles. The van der Waals surface area contributed by atoms with Gasteiger partial charge in [0.15, 0.2) is 0 Å². The Morgan fingerprint density at radius 1 is 0.926 bits per heavy atom. The predicted molar refractivity (Wildman–Crippen MR) is 108 cm³/mol. The van der Waals surface area contributed by atoms with Crippen LogP contribution in [-0.2, 0) is 0 Å². The maximum absolute atomic E-state index is 12.9. The van der Waals surface area contributed by atoms with E-state index >= 15 is 0 Å². The van der Waals surface area contributed by atoms with E-state index in [1.165, 1.54) is 0 Å². The fraction of sp³-hybridized carbons (Fsp3) is 0.0435. The van der Waals surface area contributed by atoms with Gasteiger partial charge in [0.1, 0.15) is 5.75 Å². The number of hydrogen-bond acceptors (Lipinski definition) is 3. The number of carbonyl (C=O) groups excluding carboxylic acids is 1. The highest BCUT2D eigenvalue weighted by molar-refractivity contribution is 6.30. The van der Waals surface area contributed by atoms with Crippen molar-refractivity contribution in [3.05, 3.63) is 95.0 Å². The Labute approximate surface area is 162 Å². The van der Waals surface area contributed by atoms with Crippen LogP contribution in [0.5, 0.6) is 5.75 Å². The molecule has 1 aromatic heterocycles. The number of pyridine rings is 1. The van der Waals surface area contributed by atoms with Crippen molar-refractivity contribution in [2.45, 2.75) is 6.92 Å². The maximum atomic E-state index is 12.9. The molecule has 0 bridgehead atoms. The summed E-state index contributed by atoms with van der Waals surface area (Å²) in [5.74, 6) is 0.0239. The van der Waals surface area contributed by atoms with Gasteiger partial charge in [0, 0.05) is 16.0 Å². The molecule has 0 atom stereocenters. The molecule has 0 unspecified atom stereocenters. The number of halogens is 1. The highest BCUT2D eigenvalue weighted by Gasteiger charge is 2.17. The van der Waals surface area contributed by atoms with Gasteiger partial charge in [-0.3, -0.25) is 0 Å². The molecule has 0 spiro atoms. The SMILES string of the molecule is Cc1cccc2c(C(=O)Oc3ccc(Cl)cc3)cc(-c3ccccc3)nc12. The van der Waals surface area contributed by atoms with E-state index in [2.05, 4.69) is 0 Å². The second-order valence-electron chi connectivity index (χ2n) is 6.24. The van der Waals surface area contributed by atoms with Crippen LogP contribution in [0.1, 0.15) is 15.9 Å². The van der Waals surface area contributed by atoms with Crippen molar-refractivity contribution < 1.29 is 9.53 Å². The van der Waals surface area contributed by atoms with Gasteiger partial charge in [-0.05, 0) is 42.8 Å². The van der Waals surface area contributed by atoms with Crippen LogP contribution in [0.3, 0.4) is 0 Å². The van der Waals surface area contributed by atoms with Crippen LogP contribution in [0, 0.1) is 6.92 Å². The third-order valence-corrected chi connectivity index (χ3v) is 4.61. The Kier molecular flexibility index (Phi) is 4.61. The topological polar surface area (TPSA) is 39.2 Å². The average molecular weight is 374 g/mol. The summed E-state index contributed by atoms with van der Waals surface area (Å²) < 4.78 is 5.57. The van der Waals surface area contributed by atoms with E-state index in [0.717, 1.165) is 27.7 Å². The molecule has 3 nitrogen and oxygen atoms in total.